The van der Waals surface area contributed by atoms with Gasteiger partial charge in [0.05, 0.1) is 20.3 Å². The molecule has 0 aliphatic rings. The minimum atomic E-state index is -0.556. The molecule has 2 aromatic rings. The smallest absolute Gasteiger partial charge is 0.378 e. The van der Waals surface area contributed by atoms with E-state index in [-0.39, 0.29) is 19.0 Å². The SMILES string of the molecule is CCOC(=O)c1nnnn1CCOc1ccccc1OC. The first kappa shape index (κ1) is 14.8. The number of carbonyl (C=O) groups is 1. The van der Waals surface area contributed by atoms with Crippen LogP contribution in [0.3, 0.4) is 0 Å². The van der Waals surface area contributed by atoms with Gasteiger partial charge in [-0.05, 0) is 29.5 Å². The summed E-state index contributed by atoms with van der Waals surface area (Å²) in [7, 11) is 1.57. The summed E-state index contributed by atoms with van der Waals surface area (Å²) in [6.07, 6.45) is 0. The van der Waals surface area contributed by atoms with Gasteiger partial charge in [-0.25, -0.2) is 9.48 Å². The highest BCUT2D eigenvalue weighted by atomic mass is 16.5. The number of tetrazole rings is 1. The molecule has 0 radical (unpaired) electrons. The van der Waals surface area contributed by atoms with Crippen LogP contribution in [-0.2, 0) is 11.3 Å². The van der Waals surface area contributed by atoms with Crippen LogP contribution in [0.1, 0.15) is 17.5 Å². The van der Waals surface area contributed by atoms with Crippen LogP contribution >= 0.6 is 0 Å². The summed E-state index contributed by atoms with van der Waals surface area (Å²) in [6, 6.07) is 7.30. The Morgan fingerprint density at radius 3 is 2.76 bits per heavy atom. The normalized spacial score (nSPS) is 10.2. The van der Waals surface area contributed by atoms with Gasteiger partial charge in [-0.2, -0.15) is 0 Å². The van der Waals surface area contributed by atoms with E-state index in [4.69, 9.17) is 14.2 Å². The molecule has 8 nitrogen and oxygen atoms in total. The standard InChI is InChI=1S/C13H16N4O4/c1-3-20-13(18)12-14-15-16-17(12)8-9-21-11-7-5-4-6-10(11)19-2/h4-7H,3,8-9H2,1-2H3. The minimum absolute atomic E-state index is 0.0560. The van der Waals surface area contributed by atoms with Gasteiger partial charge < -0.3 is 14.2 Å². The minimum Gasteiger partial charge on any atom is -0.493 e. The lowest BCUT2D eigenvalue weighted by Gasteiger charge is -2.10. The molecule has 0 aliphatic heterocycles. The molecule has 112 valence electrons. The highest BCUT2D eigenvalue weighted by Gasteiger charge is 2.16. The van der Waals surface area contributed by atoms with Crippen molar-refractivity contribution in [3.05, 3.63) is 30.1 Å². The number of methoxy groups -OCH3 is 1. The average molecular weight is 292 g/mol. The predicted molar refractivity (Wildman–Crippen MR) is 72.3 cm³/mol. The fourth-order valence-corrected chi connectivity index (χ4v) is 1.68. The largest absolute Gasteiger partial charge is 0.493 e. The van der Waals surface area contributed by atoms with E-state index < -0.39 is 5.97 Å². The van der Waals surface area contributed by atoms with Crippen LogP contribution in [0, 0.1) is 0 Å². The van der Waals surface area contributed by atoms with Crippen molar-refractivity contribution in [2.45, 2.75) is 13.5 Å². The Balaban J connectivity index is 1.95. The van der Waals surface area contributed by atoms with Crippen molar-refractivity contribution in [2.24, 2.45) is 0 Å². The average Bonchev–Trinajstić information content (AvgIpc) is 2.96. The molecule has 1 heterocycles. The summed E-state index contributed by atoms with van der Waals surface area (Å²) in [5.41, 5.74) is 0. The quantitative estimate of drug-likeness (QED) is 0.701. The fraction of sp³-hybridized carbons (Fsp3) is 0.385. The highest BCUT2D eigenvalue weighted by molar-refractivity contribution is 5.85. The zero-order valence-corrected chi connectivity index (χ0v) is 11.9. The second-order valence-electron chi connectivity index (χ2n) is 3.95. The van der Waals surface area contributed by atoms with E-state index in [0.717, 1.165) is 0 Å². The molecule has 0 saturated heterocycles. The summed E-state index contributed by atoms with van der Waals surface area (Å²) >= 11 is 0. The number of hydrogen-bond donors (Lipinski definition) is 0. The highest BCUT2D eigenvalue weighted by Crippen LogP contribution is 2.25. The van der Waals surface area contributed by atoms with Crippen LogP contribution in [0.2, 0.25) is 0 Å². The number of benzene rings is 1. The molecular formula is C13H16N4O4. The molecular weight excluding hydrogens is 276 g/mol. The maximum atomic E-state index is 11.6. The Labute approximate surface area is 121 Å². The molecule has 21 heavy (non-hydrogen) atoms. The summed E-state index contributed by atoms with van der Waals surface area (Å²) in [4.78, 5) is 11.6. The van der Waals surface area contributed by atoms with Crippen molar-refractivity contribution >= 4 is 5.97 Å². The number of aromatic nitrogens is 4. The van der Waals surface area contributed by atoms with E-state index in [1.165, 1.54) is 4.68 Å². The van der Waals surface area contributed by atoms with E-state index in [9.17, 15) is 4.79 Å². The first-order valence-electron chi connectivity index (χ1n) is 6.45. The van der Waals surface area contributed by atoms with E-state index in [1.807, 2.05) is 12.1 Å². The van der Waals surface area contributed by atoms with Gasteiger partial charge in [0.25, 0.3) is 5.82 Å². The topological polar surface area (TPSA) is 88.4 Å². The van der Waals surface area contributed by atoms with Gasteiger partial charge in [-0.3, -0.25) is 0 Å². The molecule has 2 rings (SSSR count). The molecule has 8 heteroatoms. The predicted octanol–water partition coefficient (Wildman–Crippen LogP) is 0.937. The summed E-state index contributed by atoms with van der Waals surface area (Å²) in [5, 5.41) is 10.8. The van der Waals surface area contributed by atoms with Gasteiger partial charge in [0.15, 0.2) is 11.5 Å². The lowest BCUT2D eigenvalue weighted by Crippen LogP contribution is -2.18. The van der Waals surface area contributed by atoms with Gasteiger partial charge in [0.2, 0.25) is 0 Å². The Morgan fingerprint density at radius 1 is 1.29 bits per heavy atom. The molecule has 0 spiro atoms. The molecule has 0 atom stereocenters. The van der Waals surface area contributed by atoms with E-state index in [1.54, 1.807) is 26.2 Å². The number of hydrogen-bond acceptors (Lipinski definition) is 7. The molecule has 0 fully saturated rings. The number of rotatable bonds is 7. The molecule has 0 saturated carbocycles. The van der Waals surface area contributed by atoms with Gasteiger partial charge in [0.1, 0.15) is 6.61 Å². The number of nitrogens with zero attached hydrogens (tertiary/aromatic N) is 4. The second kappa shape index (κ2) is 7.22. The number of ether oxygens (including phenoxy) is 3. The van der Waals surface area contributed by atoms with E-state index in [0.29, 0.717) is 18.0 Å². The van der Waals surface area contributed by atoms with Crippen molar-refractivity contribution in [2.75, 3.05) is 20.3 Å². The van der Waals surface area contributed by atoms with Crippen LogP contribution in [0.15, 0.2) is 24.3 Å². The lowest BCUT2D eigenvalue weighted by atomic mass is 10.3. The van der Waals surface area contributed by atoms with Gasteiger partial charge >= 0.3 is 5.97 Å². The van der Waals surface area contributed by atoms with Crippen molar-refractivity contribution in [3.8, 4) is 11.5 Å². The van der Waals surface area contributed by atoms with Crippen molar-refractivity contribution in [1.29, 1.82) is 0 Å². The number of para-hydroxylation sites is 2. The molecule has 0 bridgehead atoms. The van der Waals surface area contributed by atoms with Gasteiger partial charge in [0, 0.05) is 0 Å². The summed E-state index contributed by atoms with van der Waals surface area (Å²) in [6.45, 7) is 2.59. The van der Waals surface area contributed by atoms with E-state index in [2.05, 4.69) is 15.5 Å². The Hall–Kier alpha value is -2.64. The molecule has 0 N–H and O–H groups in total. The molecule has 1 aromatic heterocycles. The third-order valence-corrected chi connectivity index (χ3v) is 2.62. The van der Waals surface area contributed by atoms with Crippen LogP contribution in [0.25, 0.3) is 0 Å². The van der Waals surface area contributed by atoms with Gasteiger partial charge in [-0.15, -0.1) is 5.10 Å². The summed E-state index contributed by atoms with van der Waals surface area (Å²) in [5.74, 6) is 0.755. The Morgan fingerprint density at radius 2 is 2.05 bits per heavy atom. The third-order valence-electron chi connectivity index (χ3n) is 2.62. The zero-order chi connectivity index (χ0) is 15.1. The maximum Gasteiger partial charge on any atom is 0.378 e. The van der Waals surface area contributed by atoms with Gasteiger partial charge in [-0.1, -0.05) is 12.1 Å². The van der Waals surface area contributed by atoms with Crippen molar-refractivity contribution in [3.63, 3.8) is 0 Å². The Kier molecular flexibility index (Phi) is 5.08. The Bertz CT molecular complexity index is 599. The number of esters is 1. The zero-order valence-electron chi connectivity index (χ0n) is 11.9. The molecule has 1 aromatic carbocycles. The van der Waals surface area contributed by atoms with Crippen LogP contribution in [0.4, 0.5) is 0 Å². The molecule has 0 amide bonds. The maximum absolute atomic E-state index is 11.6. The lowest BCUT2D eigenvalue weighted by molar-refractivity contribution is 0.0503. The van der Waals surface area contributed by atoms with Crippen molar-refractivity contribution < 1.29 is 19.0 Å². The first-order valence-corrected chi connectivity index (χ1v) is 6.45. The second-order valence-corrected chi connectivity index (χ2v) is 3.95. The molecule has 0 aliphatic carbocycles. The monoisotopic (exact) mass is 292 g/mol. The third kappa shape index (κ3) is 3.68. The fourth-order valence-electron chi connectivity index (χ4n) is 1.68. The van der Waals surface area contributed by atoms with Crippen LogP contribution < -0.4 is 9.47 Å². The molecule has 0 unspecified atom stereocenters. The first-order chi connectivity index (χ1) is 10.3. The summed E-state index contributed by atoms with van der Waals surface area (Å²) < 4.78 is 17.0. The van der Waals surface area contributed by atoms with Crippen LogP contribution in [0.5, 0.6) is 11.5 Å². The van der Waals surface area contributed by atoms with E-state index >= 15 is 0 Å². The van der Waals surface area contributed by atoms with Crippen molar-refractivity contribution in [1.82, 2.24) is 20.2 Å². The van der Waals surface area contributed by atoms with Crippen LogP contribution in [-0.4, -0.2) is 46.5 Å². The number of carbonyl (C=O) groups excluding carboxylic acids is 1.